The summed E-state index contributed by atoms with van der Waals surface area (Å²) < 4.78 is 38.5. The molecule has 146 valence electrons. The summed E-state index contributed by atoms with van der Waals surface area (Å²) in [4.78, 5) is 33.2. The number of H-pyrrole nitrogens is 1. The molecule has 28 heavy (non-hydrogen) atoms. The van der Waals surface area contributed by atoms with E-state index in [-0.39, 0.29) is 30.0 Å². The van der Waals surface area contributed by atoms with Crippen LogP contribution < -0.4 is 5.56 Å². The van der Waals surface area contributed by atoms with E-state index in [2.05, 4.69) is 9.97 Å². The van der Waals surface area contributed by atoms with Gasteiger partial charge in [0.25, 0.3) is 5.56 Å². The van der Waals surface area contributed by atoms with Crippen LogP contribution in [-0.2, 0) is 23.9 Å². The Labute approximate surface area is 158 Å². The standard InChI is InChI=1S/C20H18F3N3O2/c1-2-26(12-17-24-16-9-4-3-8-15(16)19(28)25-17)18(27)11-13-6-5-7-14(10-13)20(21,22)23/h3-10H,2,11-12H2,1H3,(H,24,25,28). The van der Waals surface area contributed by atoms with Gasteiger partial charge in [-0.05, 0) is 30.7 Å². The predicted molar refractivity (Wildman–Crippen MR) is 98.6 cm³/mol. The summed E-state index contributed by atoms with van der Waals surface area (Å²) in [7, 11) is 0. The zero-order chi connectivity index (χ0) is 20.3. The van der Waals surface area contributed by atoms with Gasteiger partial charge in [0.2, 0.25) is 5.91 Å². The van der Waals surface area contributed by atoms with Crippen LogP contribution in [0.5, 0.6) is 0 Å². The second-order valence-corrected chi connectivity index (χ2v) is 6.31. The normalized spacial score (nSPS) is 11.6. The smallest absolute Gasteiger partial charge is 0.335 e. The Morgan fingerprint density at radius 2 is 1.89 bits per heavy atom. The molecule has 1 heterocycles. The number of carbonyl (C=O) groups excluding carboxylic acids is 1. The van der Waals surface area contributed by atoms with Crippen molar-refractivity contribution >= 4 is 16.8 Å². The lowest BCUT2D eigenvalue weighted by molar-refractivity contribution is -0.138. The van der Waals surface area contributed by atoms with Crippen LogP contribution in [0.2, 0.25) is 0 Å². The highest BCUT2D eigenvalue weighted by molar-refractivity contribution is 5.79. The van der Waals surface area contributed by atoms with Crippen molar-refractivity contribution in [2.45, 2.75) is 26.1 Å². The van der Waals surface area contributed by atoms with Gasteiger partial charge in [0.05, 0.1) is 29.4 Å². The predicted octanol–water partition coefficient (Wildman–Crippen LogP) is 3.53. The Morgan fingerprint density at radius 1 is 1.14 bits per heavy atom. The second-order valence-electron chi connectivity index (χ2n) is 6.31. The molecule has 0 aliphatic rings. The van der Waals surface area contributed by atoms with Crippen LogP contribution in [0.4, 0.5) is 13.2 Å². The van der Waals surface area contributed by atoms with Gasteiger partial charge in [-0.25, -0.2) is 4.98 Å². The highest BCUT2D eigenvalue weighted by Gasteiger charge is 2.30. The summed E-state index contributed by atoms with van der Waals surface area (Å²) >= 11 is 0. The maximum Gasteiger partial charge on any atom is 0.416 e. The Bertz CT molecular complexity index is 1060. The van der Waals surface area contributed by atoms with Crippen LogP contribution in [0, 0.1) is 0 Å². The number of amides is 1. The monoisotopic (exact) mass is 389 g/mol. The lowest BCUT2D eigenvalue weighted by Crippen LogP contribution is -2.33. The van der Waals surface area contributed by atoms with Gasteiger partial charge in [-0.15, -0.1) is 0 Å². The molecule has 0 saturated carbocycles. The average Bonchev–Trinajstić information content (AvgIpc) is 2.65. The molecule has 1 N–H and O–H groups in total. The Hall–Kier alpha value is -3.16. The second kappa shape index (κ2) is 7.84. The number of hydrogen-bond acceptors (Lipinski definition) is 3. The zero-order valence-electron chi connectivity index (χ0n) is 15.1. The SMILES string of the molecule is CCN(Cc1nc2ccccc2c(=O)[nH]1)C(=O)Cc1cccc(C(F)(F)F)c1. The zero-order valence-corrected chi connectivity index (χ0v) is 15.1. The fourth-order valence-corrected chi connectivity index (χ4v) is 2.91. The molecular weight excluding hydrogens is 371 g/mol. The third-order valence-electron chi connectivity index (χ3n) is 4.35. The summed E-state index contributed by atoms with van der Waals surface area (Å²) in [6.45, 7) is 2.14. The fraction of sp³-hybridized carbons (Fsp3) is 0.250. The average molecular weight is 389 g/mol. The summed E-state index contributed by atoms with van der Waals surface area (Å²) in [6, 6.07) is 11.6. The number of nitrogens with one attached hydrogen (secondary N) is 1. The number of halogens is 3. The van der Waals surface area contributed by atoms with Crippen molar-refractivity contribution in [3.63, 3.8) is 0 Å². The van der Waals surface area contributed by atoms with Gasteiger partial charge in [0.15, 0.2) is 0 Å². The van der Waals surface area contributed by atoms with E-state index < -0.39 is 11.7 Å². The van der Waals surface area contributed by atoms with Gasteiger partial charge in [-0.3, -0.25) is 9.59 Å². The molecule has 0 aliphatic carbocycles. The molecule has 0 fully saturated rings. The minimum absolute atomic E-state index is 0.0639. The summed E-state index contributed by atoms with van der Waals surface area (Å²) in [5.74, 6) is -0.0272. The highest BCUT2D eigenvalue weighted by Crippen LogP contribution is 2.29. The van der Waals surface area contributed by atoms with Crippen molar-refractivity contribution in [2.75, 3.05) is 6.54 Å². The number of rotatable bonds is 5. The van der Waals surface area contributed by atoms with Crippen molar-refractivity contribution in [3.05, 3.63) is 75.8 Å². The molecular formula is C20H18F3N3O2. The molecule has 0 bridgehead atoms. The minimum atomic E-state index is -4.46. The highest BCUT2D eigenvalue weighted by atomic mass is 19.4. The number of fused-ring (bicyclic) bond motifs is 1. The van der Waals surface area contributed by atoms with Crippen LogP contribution in [-0.4, -0.2) is 27.3 Å². The molecule has 2 aromatic carbocycles. The van der Waals surface area contributed by atoms with Crippen molar-refractivity contribution in [1.82, 2.24) is 14.9 Å². The molecule has 8 heteroatoms. The van der Waals surface area contributed by atoms with E-state index in [1.807, 2.05) is 0 Å². The van der Waals surface area contributed by atoms with E-state index in [0.29, 0.717) is 23.3 Å². The van der Waals surface area contributed by atoms with E-state index in [0.717, 1.165) is 12.1 Å². The van der Waals surface area contributed by atoms with Crippen molar-refractivity contribution in [3.8, 4) is 0 Å². The topological polar surface area (TPSA) is 66.1 Å². The van der Waals surface area contributed by atoms with E-state index in [9.17, 15) is 22.8 Å². The quantitative estimate of drug-likeness (QED) is 0.726. The molecule has 0 aliphatic heterocycles. The summed E-state index contributed by atoms with van der Waals surface area (Å²) in [5.41, 5.74) is -0.302. The lowest BCUT2D eigenvalue weighted by Gasteiger charge is -2.20. The Balaban J connectivity index is 1.78. The first-order valence-corrected chi connectivity index (χ1v) is 8.69. The number of hydrogen-bond donors (Lipinski definition) is 1. The Kier molecular flexibility index (Phi) is 5.48. The van der Waals surface area contributed by atoms with Crippen molar-refractivity contribution < 1.29 is 18.0 Å². The number of benzene rings is 2. The van der Waals surface area contributed by atoms with Crippen molar-refractivity contribution in [2.24, 2.45) is 0 Å². The molecule has 5 nitrogen and oxygen atoms in total. The molecule has 0 spiro atoms. The van der Waals surface area contributed by atoms with Crippen LogP contribution in [0.15, 0.2) is 53.3 Å². The number of carbonyl (C=O) groups is 1. The van der Waals surface area contributed by atoms with Crippen LogP contribution in [0.3, 0.4) is 0 Å². The van der Waals surface area contributed by atoms with Gasteiger partial charge < -0.3 is 9.88 Å². The van der Waals surface area contributed by atoms with Gasteiger partial charge in [0.1, 0.15) is 5.82 Å². The van der Waals surface area contributed by atoms with Gasteiger partial charge in [-0.1, -0.05) is 30.3 Å². The van der Waals surface area contributed by atoms with Crippen LogP contribution >= 0.6 is 0 Å². The molecule has 0 atom stereocenters. The molecule has 0 unspecified atom stereocenters. The van der Waals surface area contributed by atoms with Crippen LogP contribution in [0.25, 0.3) is 10.9 Å². The molecule has 1 amide bonds. The lowest BCUT2D eigenvalue weighted by atomic mass is 10.1. The van der Waals surface area contributed by atoms with E-state index >= 15 is 0 Å². The van der Waals surface area contributed by atoms with Crippen molar-refractivity contribution in [1.29, 1.82) is 0 Å². The first-order valence-electron chi connectivity index (χ1n) is 8.69. The fourth-order valence-electron chi connectivity index (χ4n) is 2.91. The number of likely N-dealkylation sites (N-methyl/N-ethyl adjacent to an activating group) is 1. The van der Waals surface area contributed by atoms with E-state index in [1.54, 1.807) is 31.2 Å². The summed E-state index contributed by atoms with van der Waals surface area (Å²) in [5, 5.41) is 0.449. The maximum absolute atomic E-state index is 12.8. The molecule has 0 radical (unpaired) electrons. The van der Waals surface area contributed by atoms with E-state index in [1.165, 1.54) is 17.0 Å². The number of para-hydroxylation sites is 1. The molecule has 1 aromatic heterocycles. The number of aromatic nitrogens is 2. The third kappa shape index (κ3) is 4.39. The first-order chi connectivity index (χ1) is 13.3. The third-order valence-corrected chi connectivity index (χ3v) is 4.35. The van der Waals surface area contributed by atoms with Gasteiger partial charge in [-0.2, -0.15) is 13.2 Å². The number of nitrogens with zero attached hydrogens (tertiary/aromatic N) is 2. The number of alkyl halides is 3. The molecule has 0 saturated heterocycles. The first kappa shape index (κ1) is 19.6. The Morgan fingerprint density at radius 3 is 2.61 bits per heavy atom. The molecule has 3 aromatic rings. The largest absolute Gasteiger partial charge is 0.416 e. The van der Waals surface area contributed by atoms with Gasteiger partial charge >= 0.3 is 6.18 Å². The van der Waals surface area contributed by atoms with Crippen LogP contribution in [0.1, 0.15) is 23.9 Å². The minimum Gasteiger partial charge on any atom is -0.335 e. The van der Waals surface area contributed by atoms with Gasteiger partial charge in [0, 0.05) is 6.54 Å². The summed E-state index contributed by atoms with van der Waals surface area (Å²) in [6.07, 6.45) is -4.63. The van der Waals surface area contributed by atoms with E-state index in [4.69, 9.17) is 0 Å². The maximum atomic E-state index is 12.8. The number of aromatic amines is 1. The molecule has 3 rings (SSSR count).